The number of nitrogens with zero attached hydrogens (tertiary/aromatic N) is 2. The number of benzene rings is 1. The SMILES string of the molecule is CCc1nn(C)cc1NC(=O)c1cc2ccccc2[nH]1. The van der Waals surface area contributed by atoms with Gasteiger partial charge in [0.1, 0.15) is 5.69 Å². The molecule has 20 heavy (non-hydrogen) atoms. The molecule has 0 radical (unpaired) electrons. The van der Waals surface area contributed by atoms with Crippen LogP contribution in [0, 0.1) is 0 Å². The zero-order chi connectivity index (χ0) is 14.1. The van der Waals surface area contributed by atoms with E-state index in [-0.39, 0.29) is 5.91 Å². The summed E-state index contributed by atoms with van der Waals surface area (Å²) in [6.07, 6.45) is 2.60. The minimum atomic E-state index is -0.149. The summed E-state index contributed by atoms with van der Waals surface area (Å²) < 4.78 is 1.71. The number of fused-ring (bicyclic) bond motifs is 1. The highest BCUT2D eigenvalue weighted by Crippen LogP contribution is 2.18. The van der Waals surface area contributed by atoms with Gasteiger partial charge in [-0.05, 0) is 18.6 Å². The predicted octanol–water partition coefficient (Wildman–Crippen LogP) is 2.72. The number of rotatable bonds is 3. The van der Waals surface area contributed by atoms with E-state index >= 15 is 0 Å². The summed E-state index contributed by atoms with van der Waals surface area (Å²) in [7, 11) is 1.84. The molecule has 0 aliphatic carbocycles. The Morgan fingerprint density at radius 2 is 2.20 bits per heavy atom. The molecular formula is C15H16N4O. The second-order valence-electron chi connectivity index (χ2n) is 4.74. The Morgan fingerprint density at radius 3 is 2.95 bits per heavy atom. The van der Waals surface area contributed by atoms with Crippen molar-refractivity contribution in [1.29, 1.82) is 0 Å². The zero-order valence-corrected chi connectivity index (χ0v) is 11.5. The van der Waals surface area contributed by atoms with Gasteiger partial charge in [-0.1, -0.05) is 25.1 Å². The van der Waals surface area contributed by atoms with Gasteiger partial charge >= 0.3 is 0 Å². The lowest BCUT2D eigenvalue weighted by Gasteiger charge is -2.02. The lowest BCUT2D eigenvalue weighted by molar-refractivity contribution is 0.102. The third kappa shape index (κ3) is 2.18. The van der Waals surface area contributed by atoms with Crippen LogP contribution in [0.25, 0.3) is 10.9 Å². The molecule has 3 rings (SSSR count). The number of carbonyl (C=O) groups is 1. The van der Waals surface area contributed by atoms with Crippen LogP contribution in [0.4, 0.5) is 5.69 Å². The van der Waals surface area contributed by atoms with Crippen LogP contribution in [0.15, 0.2) is 36.5 Å². The molecule has 2 heterocycles. The molecule has 0 saturated heterocycles. The largest absolute Gasteiger partial charge is 0.351 e. The standard InChI is InChI=1S/C15H16N4O/c1-3-11-14(9-19(2)18-11)17-15(20)13-8-10-6-4-5-7-12(10)16-13/h4-9,16H,3H2,1-2H3,(H,17,20). The van der Waals surface area contributed by atoms with E-state index in [1.807, 2.05) is 50.5 Å². The minimum Gasteiger partial charge on any atom is -0.351 e. The molecule has 3 aromatic rings. The van der Waals surface area contributed by atoms with E-state index in [0.29, 0.717) is 5.69 Å². The Kier molecular flexibility index (Phi) is 3.02. The van der Waals surface area contributed by atoms with Crippen molar-refractivity contribution in [2.75, 3.05) is 5.32 Å². The molecule has 1 amide bonds. The zero-order valence-electron chi connectivity index (χ0n) is 11.5. The highest BCUT2D eigenvalue weighted by molar-refractivity contribution is 6.06. The number of nitrogens with one attached hydrogen (secondary N) is 2. The number of aromatic amines is 1. The van der Waals surface area contributed by atoms with Crippen molar-refractivity contribution in [3.05, 3.63) is 47.9 Å². The number of carbonyl (C=O) groups excluding carboxylic acids is 1. The average Bonchev–Trinajstić information content (AvgIpc) is 3.01. The summed E-state index contributed by atoms with van der Waals surface area (Å²) in [6, 6.07) is 9.68. The molecule has 0 spiro atoms. The van der Waals surface area contributed by atoms with E-state index < -0.39 is 0 Å². The second kappa shape index (κ2) is 4.85. The molecule has 102 valence electrons. The summed E-state index contributed by atoms with van der Waals surface area (Å²) in [4.78, 5) is 15.4. The molecule has 0 fully saturated rings. The third-order valence-corrected chi connectivity index (χ3v) is 3.26. The first-order chi connectivity index (χ1) is 9.67. The molecule has 2 aromatic heterocycles. The maximum atomic E-state index is 12.3. The molecule has 1 aromatic carbocycles. The fraction of sp³-hybridized carbons (Fsp3) is 0.200. The Labute approximate surface area is 116 Å². The molecule has 0 saturated carbocycles. The molecule has 2 N–H and O–H groups in total. The smallest absolute Gasteiger partial charge is 0.272 e. The first kappa shape index (κ1) is 12.5. The van der Waals surface area contributed by atoms with Gasteiger partial charge < -0.3 is 10.3 Å². The molecule has 0 atom stereocenters. The van der Waals surface area contributed by atoms with Gasteiger partial charge in [0.25, 0.3) is 5.91 Å². The Bertz CT molecular complexity index is 736. The number of aromatic nitrogens is 3. The van der Waals surface area contributed by atoms with Crippen molar-refractivity contribution >= 4 is 22.5 Å². The van der Waals surface area contributed by atoms with Crippen LogP contribution in [-0.2, 0) is 13.5 Å². The van der Waals surface area contributed by atoms with Crippen LogP contribution in [0.2, 0.25) is 0 Å². The number of anilines is 1. The van der Waals surface area contributed by atoms with E-state index in [9.17, 15) is 4.79 Å². The average molecular weight is 268 g/mol. The van der Waals surface area contributed by atoms with Gasteiger partial charge in [-0.15, -0.1) is 0 Å². The molecule has 0 aliphatic rings. The highest BCUT2D eigenvalue weighted by atomic mass is 16.1. The Hall–Kier alpha value is -2.56. The van der Waals surface area contributed by atoms with Crippen molar-refractivity contribution < 1.29 is 4.79 Å². The highest BCUT2D eigenvalue weighted by Gasteiger charge is 2.13. The van der Waals surface area contributed by atoms with E-state index in [1.165, 1.54) is 0 Å². The second-order valence-corrected chi connectivity index (χ2v) is 4.74. The summed E-state index contributed by atoms with van der Waals surface area (Å²) in [5, 5.41) is 8.24. The maximum Gasteiger partial charge on any atom is 0.272 e. The minimum absolute atomic E-state index is 0.149. The van der Waals surface area contributed by atoms with Gasteiger partial charge in [-0.2, -0.15) is 5.10 Å². The quantitative estimate of drug-likeness (QED) is 0.767. The lowest BCUT2D eigenvalue weighted by atomic mass is 10.2. The van der Waals surface area contributed by atoms with Gasteiger partial charge in [-0.25, -0.2) is 0 Å². The Balaban J connectivity index is 1.88. The first-order valence-electron chi connectivity index (χ1n) is 6.59. The van der Waals surface area contributed by atoms with Gasteiger partial charge in [0, 0.05) is 24.1 Å². The predicted molar refractivity (Wildman–Crippen MR) is 78.8 cm³/mol. The Morgan fingerprint density at radius 1 is 1.40 bits per heavy atom. The summed E-state index contributed by atoms with van der Waals surface area (Å²) in [5.74, 6) is -0.149. The van der Waals surface area contributed by atoms with Gasteiger partial charge in [0.15, 0.2) is 0 Å². The summed E-state index contributed by atoms with van der Waals surface area (Å²) in [6.45, 7) is 2.01. The van der Waals surface area contributed by atoms with Crippen LogP contribution >= 0.6 is 0 Å². The summed E-state index contributed by atoms with van der Waals surface area (Å²) in [5.41, 5.74) is 3.16. The normalized spacial score (nSPS) is 10.9. The van der Waals surface area contributed by atoms with Crippen LogP contribution in [-0.4, -0.2) is 20.7 Å². The molecular weight excluding hydrogens is 252 g/mol. The van der Waals surface area contributed by atoms with Gasteiger partial charge in [0.05, 0.1) is 11.4 Å². The van der Waals surface area contributed by atoms with Crippen molar-refractivity contribution in [2.24, 2.45) is 7.05 Å². The van der Waals surface area contributed by atoms with E-state index in [0.717, 1.165) is 28.7 Å². The third-order valence-electron chi connectivity index (χ3n) is 3.26. The molecule has 0 bridgehead atoms. The van der Waals surface area contributed by atoms with Crippen molar-refractivity contribution in [3.8, 4) is 0 Å². The number of hydrogen-bond donors (Lipinski definition) is 2. The van der Waals surface area contributed by atoms with E-state index in [2.05, 4.69) is 15.4 Å². The number of aryl methyl sites for hydroxylation is 2. The fourth-order valence-corrected chi connectivity index (χ4v) is 2.29. The molecule has 0 unspecified atom stereocenters. The van der Waals surface area contributed by atoms with Crippen molar-refractivity contribution in [1.82, 2.24) is 14.8 Å². The fourth-order valence-electron chi connectivity index (χ4n) is 2.29. The van der Waals surface area contributed by atoms with Crippen LogP contribution in [0.1, 0.15) is 23.1 Å². The number of hydrogen-bond acceptors (Lipinski definition) is 2. The van der Waals surface area contributed by atoms with Crippen molar-refractivity contribution in [2.45, 2.75) is 13.3 Å². The number of para-hydroxylation sites is 1. The van der Waals surface area contributed by atoms with E-state index in [1.54, 1.807) is 4.68 Å². The first-order valence-corrected chi connectivity index (χ1v) is 6.59. The monoisotopic (exact) mass is 268 g/mol. The van der Waals surface area contributed by atoms with Crippen LogP contribution in [0.3, 0.4) is 0 Å². The molecule has 5 nitrogen and oxygen atoms in total. The van der Waals surface area contributed by atoms with Crippen LogP contribution < -0.4 is 5.32 Å². The number of amides is 1. The maximum absolute atomic E-state index is 12.3. The molecule has 5 heteroatoms. The van der Waals surface area contributed by atoms with Crippen LogP contribution in [0.5, 0.6) is 0 Å². The molecule has 0 aliphatic heterocycles. The van der Waals surface area contributed by atoms with E-state index in [4.69, 9.17) is 0 Å². The van der Waals surface area contributed by atoms with Gasteiger partial charge in [-0.3, -0.25) is 9.48 Å². The van der Waals surface area contributed by atoms with Crippen molar-refractivity contribution in [3.63, 3.8) is 0 Å². The summed E-state index contributed by atoms with van der Waals surface area (Å²) >= 11 is 0. The lowest BCUT2D eigenvalue weighted by Crippen LogP contribution is -2.12. The van der Waals surface area contributed by atoms with Gasteiger partial charge in [0.2, 0.25) is 0 Å². The topological polar surface area (TPSA) is 62.7 Å². The number of H-pyrrole nitrogens is 1.